The summed E-state index contributed by atoms with van der Waals surface area (Å²) < 4.78 is 11.1. The van der Waals surface area contributed by atoms with Crippen LogP contribution in [0.15, 0.2) is 54.6 Å². The minimum Gasteiger partial charge on any atom is -0.489 e. The first-order chi connectivity index (χ1) is 12.8. The maximum atomic E-state index is 11.7. The Kier molecular flexibility index (Phi) is 9.34. The van der Waals surface area contributed by atoms with Crippen LogP contribution in [0.25, 0.3) is 0 Å². The molecule has 3 nitrogen and oxygen atoms in total. The van der Waals surface area contributed by atoms with Gasteiger partial charge in [-0.2, -0.15) is 0 Å². The van der Waals surface area contributed by atoms with Gasteiger partial charge in [0.15, 0.2) is 0 Å². The third-order valence-electron chi connectivity index (χ3n) is 4.31. The summed E-state index contributed by atoms with van der Waals surface area (Å²) in [5.74, 6) is 0.769. The molecule has 0 atom stereocenters. The number of benzene rings is 2. The zero-order chi connectivity index (χ0) is 18.5. The highest BCUT2D eigenvalue weighted by molar-refractivity contribution is 5.69. The van der Waals surface area contributed by atoms with Crippen LogP contribution < -0.4 is 4.74 Å². The van der Waals surface area contributed by atoms with Crippen molar-refractivity contribution >= 4 is 5.97 Å². The molecule has 0 heterocycles. The van der Waals surface area contributed by atoms with Gasteiger partial charge in [0.2, 0.25) is 0 Å². The van der Waals surface area contributed by atoms with Gasteiger partial charge in [0.25, 0.3) is 0 Å². The molecule has 0 aliphatic rings. The van der Waals surface area contributed by atoms with E-state index in [1.165, 1.54) is 19.3 Å². The molecule has 0 saturated carbocycles. The highest BCUT2D eigenvalue weighted by atomic mass is 16.5. The molecule has 3 heteroatoms. The van der Waals surface area contributed by atoms with Gasteiger partial charge in [-0.15, -0.1) is 0 Å². The van der Waals surface area contributed by atoms with Crippen molar-refractivity contribution in [3.63, 3.8) is 0 Å². The van der Waals surface area contributed by atoms with Crippen LogP contribution in [0.2, 0.25) is 0 Å². The Morgan fingerprint density at radius 1 is 0.846 bits per heavy atom. The van der Waals surface area contributed by atoms with Crippen molar-refractivity contribution < 1.29 is 14.3 Å². The smallest absolute Gasteiger partial charge is 0.305 e. The second-order valence-electron chi connectivity index (χ2n) is 6.55. The highest BCUT2D eigenvalue weighted by Gasteiger charge is 2.03. The van der Waals surface area contributed by atoms with E-state index in [1.807, 2.05) is 54.6 Å². The molecule has 0 amide bonds. The van der Waals surface area contributed by atoms with E-state index in [4.69, 9.17) is 9.47 Å². The second kappa shape index (κ2) is 12.1. The van der Waals surface area contributed by atoms with Crippen LogP contribution >= 0.6 is 0 Å². The first-order valence-electron chi connectivity index (χ1n) is 9.69. The molecule has 0 aromatic heterocycles. The van der Waals surface area contributed by atoms with E-state index in [2.05, 4.69) is 6.92 Å². The highest BCUT2D eigenvalue weighted by Crippen LogP contribution is 2.15. The summed E-state index contributed by atoms with van der Waals surface area (Å²) in [7, 11) is 0. The van der Waals surface area contributed by atoms with Crippen molar-refractivity contribution in [2.75, 3.05) is 6.61 Å². The first kappa shape index (κ1) is 20.0. The Labute approximate surface area is 157 Å². The van der Waals surface area contributed by atoms with Crippen LogP contribution in [0.4, 0.5) is 0 Å². The van der Waals surface area contributed by atoms with E-state index < -0.39 is 0 Å². The average Bonchev–Trinajstić information content (AvgIpc) is 2.68. The molecule has 0 aliphatic heterocycles. The summed E-state index contributed by atoms with van der Waals surface area (Å²) in [4.78, 5) is 11.7. The number of carbonyl (C=O) groups excluding carboxylic acids is 1. The summed E-state index contributed by atoms with van der Waals surface area (Å²) >= 11 is 0. The minimum absolute atomic E-state index is 0.0793. The number of hydrogen-bond acceptors (Lipinski definition) is 3. The Balaban J connectivity index is 1.60. The van der Waals surface area contributed by atoms with E-state index >= 15 is 0 Å². The first-order valence-corrected chi connectivity index (χ1v) is 9.69. The summed E-state index contributed by atoms with van der Waals surface area (Å²) in [6, 6.07) is 18.1. The number of hydrogen-bond donors (Lipinski definition) is 0. The number of unbranched alkanes of at least 4 members (excludes halogenated alkanes) is 4. The molecular formula is C23H30O3. The quantitative estimate of drug-likeness (QED) is 0.362. The van der Waals surface area contributed by atoms with E-state index in [0.29, 0.717) is 19.6 Å². The van der Waals surface area contributed by atoms with E-state index in [-0.39, 0.29) is 5.97 Å². The Bertz CT molecular complexity index is 620. The third kappa shape index (κ3) is 8.19. The lowest BCUT2D eigenvalue weighted by Gasteiger charge is -2.08. The lowest BCUT2D eigenvalue weighted by atomic mass is 10.1. The molecule has 0 bridgehead atoms. The van der Waals surface area contributed by atoms with Gasteiger partial charge >= 0.3 is 5.97 Å². The van der Waals surface area contributed by atoms with Gasteiger partial charge in [0, 0.05) is 12.8 Å². The van der Waals surface area contributed by atoms with Crippen molar-refractivity contribution in [3.8, 4) is 5.75 Å². The molecule has 26 heavy (non-hydrogen) atoms. The normalized spacial score (nSPS) is 10.5. The molecule has 2 aromatic carbocycles. The molecule has 0 spiro atoms. The summed E-state index contributed by atoms with van der Waals surface area (Å²) in [5, 5.41) is 0. The zero-order valence-corrected chi connectivity index (χ0v) is 15.8. The fraction of sp³-hybridized carbons (Fsp3) is 0.435. The largest absolute Gasteiger partial charge is 0.489 e. The SMILES string of the molecule is CCCCCCCC(=O)OCCc1ccc(OCc2ccccc2)cc1. The molecule has 0 saturated heterocycles. The Morgan fingerprint density at radius 3 is 2.31 bits per heavy atom. The predicted molar refractivity (Wildman–Crippen MR) is 105 cm³/mol. The van der Waals surface area contributed by atoms with E-state index in [9.17, 15) is 4.79 Å². The zero-order valence-electron chi connectivity index (χ0n) is 15.8. The van der Waals surface area contributed by atoms with Gasteiger partial charge in [-0.3, -0.25) is 4.79 Å². The fourth-order valence-electron chi connectivity index (χ4n) is 2.72. The van der Waals surface area contributed by atoms with Crippen molar-refractivity contribution in [3.05, 3.63) is 65.7 Å². The van der Waals surface area contributed by atoms with Crippen molar-refractivity contribution in [2.24, 2.45) is 0 Å². The van der Waals surface area contributed by atoms with Crippen LogP contribution in [0.3, 0.4) is 0 Å². The van der Waals surface area contributed by atoms with Gasteiger partial charge in [-0.1, -0.05) is 75.1 Å². The molecule has 2 aromatic rings. The number of ether oxygens (including phenoxy) is 2. The standard InChI is InChI=1S/C23H30O3/c1-2-3-4-5-9-12-23(24)25-18-17-20-13-15-22(16-14-20)26-19-21-10-7-6-8-11-21/h6-8,10-11,13-16H,2-5,9,12,17-19H2,1H3. The van der Waals surface area contributed by atoms with Gasteiger partial charge < -0.3 is 9.47 Å². The van der Waals surface area contributed by atoms with Crippen LogP contribution in [-0.4, -0.2) is 12.6 Å². The maximum absolute atomic E-state index is 11.7. The molecular weight excluding hydrogens is 324 g/mol. The minimum atomic E-state index is -0.0793. The van der Waals surface area contributed by atoms with Gasteiger partial charge in [0.05, 0.1) is 6.61 Å². The van der Waals surface area contributed by atoms with E-state index in [0.717, 1.165) is 36.1 Å². The van der Waals surface area contributed by atoms with Gasteiger partial charge in [-0.25, -0.2) is 0 Å². The lowest BCUT2D eigenvalue weighted by molar-refractivity contribution is -0.143. The molecule has 0 unspecified atom stereocenters. The topological polar surface area (TPSA) is 35.5 Å². The molecule has 0 N–H and O–H groups in total. The number of esters is 1. The summed E-state index contributed by atoms with van der Waals surface area (Å²) in [6.07, 6.45) is 7.01. The van der Waals surface area contributed by atoms with E-state index in [1.54, 1.807) is 0 Å². The third-order valence-corrected chi connectivity index (χ3v) is 4.31. The predicted octanol–water partition coefficient (Wildman–Crippen LogP) is 5.71. The summed E-state index contributed by atoms with van der Waals surface area (Å²) in [6.45, 7) is 3.20. The van der Waals surface area contributed by atoms with Gasteiger partial charge in [0.1, 0.15) is 12.4 Å². The van der Waals surface area contributed by atoms with Crippen LogP contribution in [-0.2, 0) is 22.6 Å². The van der Waals surface area contributed by atoms with Crippen molar-refractivity contribution in [1.82, 2.24) is 0 Å². The fourth-order valence-corrected chi connectivity index (χ4v) is 2.72. The van der Waals surface area contributed by atoms with Crippen LogP contribution in [0, 0.1) is 0 Å². The van der Waals surface area contributed by atoms with Crippen molar-refractivity contribution in [1.29, 1.82) is 0 Å². The maximum Gasteiger partial charge on any atom is 0.305 e. The van der Waals surface area contributed by atoms with Gasteiger partial charge in [-0.05, 0) is 29.7 Å². The van der Waals surface area contributed by atoms with Crippen LogP contribution in [0.5, 0.6) is 5.75 Å². The number of rotatable bonds is 12. The van der Waals surface area contributed by atoms with Crippen LogP contribution in [0.1, 0.15) is 56.6 Å². The molecule has 0 aliphatic carbocycles. The Hall–Kier alpha value is -2.29. The monoisotopic (exact) mass is 354 g/mol. The second-order valence-corrected chi connectivity index (χ2v) is 6.55. The van der Waals surface area contributed by atoms with Crippen molar-refractivity contribution in [2.45, 2.75) is 58.5 Å². The lowest BCUT2D eigenvalue weighted by Crippen LogP contribution is -2.07. The molecule has 0 fully saturated rings. The molecule has 2 rings (SSSR count). The average molecular weight is 354 g/mol. The molecule has 140 valence electrons. The molecule has 0 radical (unpaired) electrons. The Morgan fingerprint density at radius 2 is 1.58 bits per heavy atom. The number of carbonyl (C=O) groups is 1. The summed E-state index contributed by atoms with van der Waals surface area (Å²) in [5.41, 5.74) is 2.30.